The van der Waals surface area contributed by atoms with E-state index in [2.05, 4.69) is 16.0 Å². The van der Waals surface area contributed by atoms with Crippen LogP contribution >= 0.6 is 11.3 Å². The molecule has 2 aromatic heterocycles. The molecular formula is C16H21N3O2S2. The van der Waals surface area contributed by atoms with E-state index >= 15 is 0 Å². The summed E-state index contributed by atoms with van der Waals surface area (Å²) in [5.41, 5.74) is 3.06. The Morgan fingerprint density at radius 2 is 2.22 bits per heavy atom. The molecule has 1 atom stereocenters. The van der Waals surface area contributed by atoms with Crippen LogP contribution in [0.25, 0.3) is 10.7 Å². The first kappa shape index (κ1) is 16.5. The molecule has 3 heterocycles. The SMILES string of the molecule is Cc1csc(-c2ccc(C[C@H]3CCCN(S(C)(=O)=O)C3)cn2)n1. The molecule has 0 radical (unpaired) electrons. The lowest BCUT2D eigenvalue weighted by Crippen LogP contribution is -2.39. The molecule has 0 saturated carbocycles. The fourth-order valence-corrected chi connectivity index (χ4v) is 4.69. The molecule has 23 heavy (non-hydrogen) atoms. The zero-order chi connectivity index (χ0) is 16.4. The molecule has 0 aliphatic carbocycles. The van der Waals surface area contributed by atoms with E-state index in [1.165, 1.54) is 6.26 Å². The first-order valence-corrected chi connectivity index (χ1v) is 10.5. The van der Waals surface area contributed by atoms with Gasteiger partial charge in [-0.25, -0.2) is 17.7 Å². The van der Waals surface area contributed by atoms with E-state index in [-0.39, 0.29) is 0 Å². The summed E-state index contributed by atoms with van der Waals surface area (Å²) in [5, 5.41) is 2.96. The van der Waals surface area contributed by atoms with Crippen LogP contribution < -0.4 is 0 Å². The van der Waals surface area contributed by atoms with Crippen LogP contribution in [-0.4, -0.2) is 42.0 Å². The van der Waals surface area contributed by atoms with Crippen molar-refractivity contribution in [2.45, 2.75) is 26.2 Å². The Labute approximate surface area is 141 Å². The van der Waals surface area contributed by atoms with E-state index in [0.29, 0.717) is 19.0 Å². The number of piperidine rings is 1. The second kappa shape index (κ2) is 6.67. The Morgan fingerprint density at radius 1 is 1.39 bits per heavy atom. The Hall–Kier alpha value is -1.31. The highest BCUT2D eigenvalue weighted by Gasteiger charge is 2.25. The van der Waals surface area contributed by atoms with Crippen LogP contribution in [0, 0.1) is 12.8 Å². The van der Waals surface area contributed by atoms with Gasteiger partial charge in [-0.05, 0) is 43.7 Å². The Balaban J connectivity index is 1.66. The molecule has 124 valence electrons. The highest BCUT2D eigenvalue weighted by atomic mass is 32.2. The number of aromatic nitrogens is 2. The van der Waals surface area contributed by atoms with Gasteiger partial charge in [-0.15, -0.1) is 11.3 Å². The summed E-state index contributed by atoms with van der Waals surface area (Å²) in [6.45, 7) is 3.24. The molecule has 0 amide bonds. The topological polar surface area (TPSA) is 63.2 Å². The first-order valence-electron chi connectivity index (χ1n) is 7.74. The van der Waals surface area contributed by atoms with Crippen molar-refractivity contribution >= 4 is 21.4 Å². The summed E-state index contributed by atoms with van der Waals surface area (Å²) in [4.78, 5) is 8.96. The van der Waals surface area contributed by atoms with Crippen molar-refractivity contribution in [1.29, 1.82) is 0 Å². The minimum atomic E-state index is -3.08. The van der Waals surface area contributed by atoms with Gasteiger partial charge in [0.1, 0.15) is 5.01 Å². The van der Waals surface area contributed by atoms with Gasteiger partial charge in [0.25, 0.3) is 0 Å². The maximum atomic E-state index is 11.7. The highest BCUT2D eigenvalue weighted by Crippen LogP contribution is 2.24. The minimum absolute atomic E-state index is 0.369. The molecule has 0 N–H and O–H groups in total. The van der Waals surface area contributed by atoms with Crippen LogP contribution in [0.4, 0.5) is 0 Å². The lowest BCUT2D eigenvalue weighted by molar-refractivity contribution is 0.266. The number of nitrogens with zero attached hydrogens (tertiary/aromatic N) is 3. The van der Waals surface area contributed by atoms with Crippen molar-refractivity contribution < 1.29 is 8.42 Å². The van der Waals surface area contributed by atoms with E-state index in [9.17, 15) is 8.42 Å². The monoisotopic (exact) mass is 351 g/mol. The quantitative estimate of drug-likeness (QED) is 0.850. The number of thiazole rings is 1. The van der Waals surface area contributed by atoms with E-state index in [4.69, 9.17) is 0 Å². The summed E-state index contributed by atoms with van der Waals surface area (Å²) >= 11 is 1.60. The van der Waals surface area contributed by atoms with E-state index in [1.807, 2.05) is 24.6 Å². The zero-order valence-corrected chi connectivity index (χ0v) is 15.0. The minimum Gasteiger partial charge on any atom is -0.253 e. The highest BCUT2D eigenvalue weighted by molar-refractivity contribution is 7.88. The molecule has 0 spiro atoms. The molecular weight excluding hydrogens is 330 g/mol. The van der Waals surface area contributed by atoms with Crippen LogP contribution in [0.3, 0.4) is 0 Å². The molecule has 0 aromatic carbocycles. The van der Waals surface area contributed by atoms with Gasteiger partial charge in [-0.1, -0.05) is 6.07 Å². The maximum Gasteiger partial charge on any atom is 0.211 e. The maximum absolute atomic E-state index is 11.7. The predicted molar refractivity (Wildman–Crippen MR) is 92.9 cm³/mol. The van der Waals surface area contributed by atoms with Crippen molar-refractivity contribution in [1.82, 2.24) is 14.3 Å². The zero-order valence-electron chi connectivity index (χ0n) is 13.4. The summed E-state index contributed by atoms with van der Waals surface area (Å²) in [7, 11) is -3.08. The smallest absolute Gasteiger partial charge is 0.211 e. The van der Waals surface area contributed by atoms with Crippen LogP contribution in [0.1, 0.15) is 24.1 Å². The first-order chi connectivity index (χ1) is 10.9. The van der Waals surface area contributed by atoms with Gasteiger partial charge < -0.3 is 0 Å². The molecule has 7 heteroatoms. The second-order valence-electron chi connectivity index (χ2n) is 6.18. The molecule has 0 unspecified atom stereocenters. The van der Waals surface area contributed by atoms with Gasteiger partial charge in [0.05, 0.1) is 11.9 Å². The second-order valence-corrected chi connectivity index (χ2v) is 9.02. The average Bonchev–Trinajstić information content (AvgIpc) is 2.94. The largest absolute Gasteiger partial charge is 0.253 e. The molecule has 5 nitrogen and oxygen atoms in total. The van der Waals surface area contributed by atoms with Gasteiger partial charge in [0.2, 0.25) is 10.0 Å². The summed E-state index contributed by atoms with van der Waals surface area (Å²) in [6.07, 6.45) is 6.06. The Kier molecular flexibility index (Phi) is 4.79. The van der Waals surface area contributed by atoms with E-state index < -0.39 is 10.0 Å². The molecule has 2 aromatic rings. The number of aryl methyl sites for hydroxylation is 1. The third-order valence-corrected chi connectivity index (χ3v) is 6.39. The number of pyridine rings is 1. The van der Waals surface area contributed by atoms with Crippen molar-refractivity contribution in [2.24, 2.45) is 5.92 Å². The fourth-order valence-electron chi connectivity index (χ4n) is 2.97. The van der Waals surface area contributed by atoms with Crippen molar-refractivity contribution in [2.75, 3.05) is 19.3 Å². The average molecular weight is 351 g/mol. The molecule has 1 aliphatic rings. The number of sulfonamides is 1. The molecule has 1 fully saturated rings. The van der Waals surface area contributed by atoms with Crippen LogP contribution in [0.5, 0.6) is 0 Å². The molecule has 3 rings (SSSR count). The van der Waals surface area contributed by atoms with Crippen LogP contribution in [0.15, 0.2) is 23.7 Å². The molecule has 0 bridgehead atoms. The van der Waals surface area contributed by atoms with Crippen molar-refractivity contribution in [3.63, 3.8) is 0 Å². The van der Waals surface area contributed by atoms with Gasteiger partial charge >= 0.3 is 0 Å². The number of hydrogen-bond donors (Lipinski definition) is 0. The standard InChI is InChI=1S/C16H21N3O2S2/c1-12-11-22-16(18-12)15-6-5-13(9-17-15)8-14-4-3-7-19(10-14)23(2,20)21/h5-6,9,11,14H,3-4,7-8,10H2,1-2H3/t14-/m1/s1. The third kappa shape index (κ3) is 4.16. The lowest BCUT2D eigenvalue weighted by Gasteiger charge is -2.30. The van der Waals surface area contributed by atoms with Crippen molar-refractivity contribution in [3.8, 4) is 10.7 Å². The summed E-state index contributed by atoms with van der Waals surface area (Å²) in [5.74, 6) is 0.369. The van der Waals surface area contributed by atoms with Gasteiger partial charge in [0, 0.05) is 30.4 Å². The van der Waals surface area contributed by atoms with Gasteiger partial charge in [-0.2, -0.15) is 0 Å². The fraction of sp³-hybridized carbons (Fsp3) is 0.500. The third-order valence-electron chi connectivity index (χ3n) is 4.14. The molecule has 1 aliphatic heterocycles. The van der Waals surface area contributed by atoms with Crippen LogP contribution in [0.2, 0.25) is 0 Å². The van der Waals surface area contributed by atoms with E-state index in [1.54, 1.807) is 15.6 Å². The van der Waals surface area contributed by atoms with Gasteiger partial charge in [0.15, 0.2) is 0 Å². The van der Waals surface area contributed by atoms with Crippen molar-refractivity contribution in [3.05, 3.63) is 35.0 Å². The van der Waals surface area contributed by atoms with E-state index in [0.717, 1.165) is 41.2 Å². The number of rotatable bonds is 4. The number of hydrogen-bond acceptors (Lipinski definition) is 5. The predicted octanol–water partition coefficient (Wildman–Crippen LogP) is 2.73. The Morgan fingerprint density at radius 3 is 2.83 bits per heavy atom. The Bertz CT molecular complexity index is 769. The molecule has 1 saturated heterocycles. The normalized spacial score (nSPS) is 19.8. The van der Waals surface area contributed by atoms with Crippen LogP contribution in [-0.2, 0) is 16.4 Å². The summed E-state index contributed by atoms with van der Waals surface area (Å²) in [6, 6.07) is 4.09. The summed E-state index contributed by atoms with van der Waals surface area (Å²) < 4.78 is 25.0. The lowest BCUT2D eigenvalue weighted by atomic mass is 9.93. The van der Waals surface area contributed by atoms with Gasteiger partial charge in [-0.3, -0.25) is 4.98 Å².